The third-order valence-corrected chi connectivity index (χ3v) is 4.13. The van der Waals surface area contributed by atoms with Crippen molar-refractivity contribution in [1.82, 2.24) is 0 Å². The number of carbonyl (C=O) groups is 1. The van der Waals surface area contributed by atoms with Crippen LogP contribution in [0.5, 0.6) is 0 Å². The van der Waals surface area contributed by atoms with E-state index in [0.29, 0.717) is 6.61 Å². The average molecular weight is 315 g/mol. The SMILES string of the molecule is CCCCCCCCCCCC(CC(=O)O)OCCCCC. The van der Waals surface area contributed by atoms with Crippen molar-refractivity contribution in [3.63, 3.8) is 0 Å². The van der Waals surface area contributed by atoms with Crippen LogP contribution in [0.15, 0.2) is 0 Å². The van der Waals surface area contributed by atoms with Crippen molar-refractivity contribution < 1.29 is 14.6 Å². The molecule has 3 heteroatoms. The van der Waals surface area contributed by atoms with Crippen LogP contribution in [0, 0.1) is 0 Å². The van der Waals surface area contributed by atoms with E-state index >= 15 is 0 Å². The minimum atomic E-state index is -0.739. The molecule has 0 saturated carbocycles. The largest absolute Gasteiger partial charge is 0.481 e. The molecule has 0 amide bonds. The molecule has 0 aliphatic heterocycles. The van der Waals surface area contributed by atoms with Gasteiger partial charge in [-0.15, -0.1) is 0 Å². The predicted molar refractivity (Wildman–Crippen MR) is 93.4 cm³/mol. The molecule has 0 fully saturated rings. The first kappa shape index (κ1) is 21.4. The van der Waals surface area contributed by atoms with Crippen molar-refractivity contribution in [2.24, 2.45) is 0 Å². The smallest absolute Gasteiger partial charge is 0.305 e. The molecule has 1 N–H and O–H groups in total. The lowest BCUT2D eigenvalue weighted by atomic mass is 10.0. The third-order valence-electron chi connectivity index (χ3n) is 4.13. The lowest BCUT2D eigenvalue weighted by Gasteiger charge is -2.16. The highest BCUT2D eigenvalue weighted by Gasteiger charge is 2.13. The van der Waals surface area contributed by atoms with Crippen LogP contribution < -0.4 is 0 Å². The van der Waals surface area contributed by atoms with Crippen molar-refractivity contribution in [1.29, 1.82) is 0 Å². The molecule has 132 valence electrons. The van der Waals surface area contributed by atoms with Gasteiger partial charge in [-0.25, -0.2) is 0 Å². The Kier molecular flexibility index (Phi) is 16.4. The lowest BCUT2D eigenvalue weighted by molar-refractivity contribution is -0.140. The quantitative estimate of drug-likeness (QED) is 0.337. The van der Waals surface area contributed by atoms with Crippen LogP contribution >= 0.6 is 0 Å². The van der Waals surface area contributed by atoms with Gasteiger partial charge in [0.1, 0.15) is 0 Å². The maximum absolute atomic E-state index is 10.9. The van der Waals surface area contributed by atoms with Crippen LogP contribution in [0.1, 0.15) is 104 Å². The Balaban J connectivity index is 3.55. The summed E-state index contributed by atoms with van der Waals surface area (Å²) in [6, 6.07) is 0. The number of carboxylic acids is 1. The van der Waals surface area contributed by atoms with Crippen molar-refractivity contribution in [3.8, 4) is 0 Å². The Morgan fingerprint density at radius 1 is 0.818 bits per heavy atom. The van der Waals surface area contributed by atoms with E-state index < -0.39 is 5.97 Å². The summed E-state index contributed by atoms with van der Waals surface area (Å²) < 4.78 is 5.75. The summed E-state index contributed by atoms with van der Waals surface area (Å²) >= 11 is 0. The molecule has 1 unspecified atom stereocenters. The van der Waals surface area contributed by atoms with Crippen molar-refractivity contribution in [2.75, 3.05) is 6.61 Å². The van der Waals surface area contributed by atoms with Gasteiger partial charge in [0.25, 0.3) is 0 Å². The van der Waals surface area contributed by atoms with Crippen molar-refractivity contribution in [3.05, 3.63) is 0 Å². The fraction of sp³-hybridized carbons (Fsp3) is 0.947. The zero-order chi connectivity index (χ0) is 16.5. The highest BCUT2D eigenvalue weighted by atomic mass is 16.5. The van der Waals surface area contributed by atoms with E-state index in [4.69, 9.17) is 9.84 Å². The Hall–Kier alpha value is -0.570. The van der Waals surface area contributed by atoms with Crippen LogP contribution in [0.3, 0.4) is 0 Å². The van der Waals surface area contributed by atoms with Gasteiger partial charge >= 0.3 is 5.97 Å². The normalized spacial score (nSPS) is 12.5. The molecule has 0 rings (SSSR count). The molecule has 0 aliphatic carbocycles. The minimum absolute atomic E-state index is 0.0843. The van der Waals surface area contributed by atoms with E-state index in [2.05, 4.69) is 13.8 Å². The zero-order valence-electron chi connectivity index (χ0n) is 14.9. The van der Waals surface area contributed by atoms with Gasteiger partial charge in [0.05, 0.1) is 12.5 Å². The second kappa shape index (κ2) is 16.8. The number of carboxylic acid groups (broad SMARTS) is 1. The summed E-state index contributed by atoms with van der Waals surface area (Å²) in [6.45, 7) is 5.12. The van der Waals surface area contributed by atoms with E-state index in [1.165, 1.54) is 57.8 Å². The molecule has 0 aromatic carbocycles. The Morgan fingerprint density at radius 3 is 1.86 bits per heavy atom. The van der Waals surface area contributed by atoms with Crippen LogP contribution in [-0.2, 0) is 9.53 Å². The van der Waals surface area contributed by atoms with E-state index in [0.717, 1.165) is 25.7 Å². The first-order chi connectivity index (χ1) is 10.7. The number of ether oxygens (including phenoxy) is 1. The predicted octanol–water partition coefficient (Wildman–Crippen LogP) is 5.96. The zero-order valence-corrected chi connectivity index (χ0v) is 14.9. The monoisotopic (exact) mass is 314 g/mol. The first-order valence-corrected chi connectivity index (χ1v) is 9.54. The summed E-state index contributed by atoms with van der Waals surface area (Å²) in [5.74, 6) is -0.739. The number of aliphatic carboxylic acids is 1. The molecule has 0 radical (unpaired) electrons. The first-order valence-electron chi connectivity index (χ1n) is 9.54. The average Bonchev–Trinajstić information content (AvgIpc) is 2.49. The fourth-order valence-electron chi connectivity index (χ4n) is 2.72. The fourth-order valence-corrected chi connectivity index (χ4v) is 2.72. The summed E-state index contributed by atoms with van der Waals surface area (Å²) in [7, 11) is 0. The molecule has 1 atom stereocenters. The van der Waals surface area contributed by atoms with Crippen molar-refractivity contribution >= 4 is 5.97 Å². The Bertz CT molecular complexity index is 241. The molecule has 0 aromatic rings. The molecule has 0 saturated heterocycles. The summed E-state index contributed by atoms with van der Waals surface area (Å²) in [6.07, 6.45) is 16.0. The number of hydrogen-bond acceptors (Lipinski definition) is 2. The molecule has 3 nitrogen and oxygen atoms in total. The molecule has 0 heterocycles. The molecular weight excluding hydrogens is 276 g/mol. The molecule has 0 aliphatic rings. The minimum Gasteiger partial charge on any atom is -0.481 e. The van der Waals surface area contributed by atoms with Gasteiger partial charge < -0.3 is 9.84 Å². The Labute approximate surface area is 137 Å². The maximum Gasteiger partial charge on any atom is 0.305 e. The van der Waals surface area contributed by atoms with Gasteiger partial charge in [-0.1, -0.05) is 84.5 Å². The van der Waals surface area contributed by atoms with Gasteiger partial charge in [-0.05, 0) is 12.8 Å². The van der Waals surface area contributed by atoms with Crippen LogP contribution in [0.4, 0.5) is 0 Å². The summed E-state index contributed by atoms with van der Waals surface area (Å²) in [4.78, 5) is 10.9. The van der Waals surface area contributed by atoms with E-state index in [1.807, 2.05) is 0 Å². The summed E-state index contributed by atoms with van der Waals surface area (Å²) in [5, 5.41) is 8.95. The second-order valence-electron chi connectivity index (χ2n) is 6.41. The van der Waals surface area contributed by atoms with Gasteiger partial charge in [-0.2, -0.15) is 0 Å². The van der Waals surface area contributed by atoms with E-state index in [9.17, 15) is 4.79 Å². The van der Waals surface area contributed by atoms with Crippen LogP contribution in [-0.4, -0.2) is 23.8 Å². The topological polar surface area (TPSA) is 46.5 Å². The number of hydrogen-bond donors (Lipinski definition) is 1. The van der Waals surface area contributed by atoms with Crippen LogP contribution in [0.25, 0.3) is 0 Å². The molecular formula is C19H38O3. The number of unbranched alkanes of at least 4 members (excludes halogenated alkanes) is 10. The molecule has 0 bridgehead atoms. The van der Waals surface area contributed by atoms with Gasteiger partial charge in [-0.3, -0.25) is 4.79 Å². The third kappa shape index (κ3) is 15.8. The lowest BCUT2D eigenvalue weighted by Crippen LogP contribution is -2.18. The highest BCUT2D eigenvalue weighted by Crippen LogP contribution is 2.14. The molecule has 0 spiro atoms. The van der Waals surface area contributed by atoms with Gasteiger partial charge in [0.2, 0.25) is 0 Å². The molecule has 0 aromatic heterocycles. The second-order valence-corrected chi connectivity index (χ2v) is 6.41. The number of rotatable bonds is 17. The molecule has 22 heavy (non-hydrogen) atoms. The Morgan fingerprint density at radius 2 is 1.32 bits per heavy atom. The van der Waals surface area contributed by atoms with Gasteiger partial charge in [0.15, 0.2) is 0 Å². The summed E-state index contributed by atoms with van der Waals surface area (Å²) in [5.41, 5.74) is 0. The standard InChI is InChI=1S/C19H38O3/c1-3-5-7-8-9-10-11-12-13-15-18(17-19(20)21)22-16-14-6-4-2/h18H,3-17H2,1-2H3,(H,20,21). The van der Waals surface area contributed by atoms with E-state index in [1.54, 1.807) is 0 Å². The van der Waals surface area contributed by atoms with Crippen molar-refractivity contribution in [2.45, 2.75) is 110 Å². The maximum atomic E-state index is 10.9. The van der Waals surface area contributed by atoms with E-state index in [-0.39, 0.29) is 12.5 Å². The highest BCUT2D eigenvalue weighted by molar-refractivity contribution is 5.67. The van der Waals surface area contributed by atoms with Crippen LogP contribution in [0.2, 0.25) is 0 Å². The van der Waals surface area contributed by atoms with Gasteiger partial charge in [0, 0.05) is 6.61 Å².